The summed E-state index contributed by atoms with van der Waals surface area (Å²) in [5.41, 5.74) is 12.6. The molecule has 1 fully saturated rings. The van der Waals surface area contributed by atoms with Crippen molar-refractivity contribution in [3.05, 3.63) is 0 Å². The number of nitrogens with one attached hydrogen (secondary N) is 5. The van der Waals surface area contributed by atoms with Gasteiger partial charge in [-0.05, 0) is 5.23 Å². The van der Waals surface area contributed by atoms with Crippen molar-refractivity contribution in [3.8, 4) is 0 Å². The predicted octanol–water partition coefficient (Wildman–Crippen LogP) is -5.66. The second-order valence-corrected chi connectivity index (χ2v) is 1.63. The molecule has 0 bridgehead atoms. The molecule has 1 aliphatic heterocycles. The van der Waals surface area contributed by atoms with Crippen LogP contribution in [0.2, 0.25) is 0 Å². The number of nitrogens with zero attached hydrogens (tertiary/aromatic N) is 7. The normalized spacial score (nSPS) is 17.8. The van der Waals surface area contributed by atoms with Crippen LogP contribution >= 0.6 is 0 Å². The Morgan fingerprint density at radius 1 is 0.833 bits per heavy atom. The summed E-state index contributed by atoms with van der Waals surface area (Å²) in [6.45, 7) is 0. The van der Waals surface area contributed by atoms with Crippen molar-refractivity contribution in [2.75, 3.05) is 5.23 Å². The molecule has 1 aromatic rings. The Morgan fingerprint density at radius 3 is 2.17 bits per heavy atom. The van der Waals surface area contributed by atoms with Gasteiger partial charge in [0.1, 0.15) is 15.3 Å². The maximum absolute atomic E-state index is 3.48. The monoisotopic (exact) mass is 173 g/mol. The molecule has 5 N–H and O–H groups in total. The summed E-state index contributed by atoms with van der Waals surface area (Å²) in [6, 6.07) is 0. The van der Waals surface area contributed by atoms with E-state index in [2.05, 4.69) is 53.7 Å². The number of hydrogen-bond donors (Lipinski definition) is 5. The number of rotatable bonds is 1. The van der Waals surface area contributed by atoms with E-state index in [9.17, 15) is 0 Å². The second-order valence-electron chi connectivity index (χ2n) is 1.63. The third-order valence-electron chi connectivity index (χ3n) is 0.947. The van der Waals surface area contributed by atoms with E-state index < -0.39 is 0 Å². The summed E-state index contributed by atoms with van der Waals surface area (Å²) in [7, 11) is 0. The average molecular weight is 173 g/mol. The van der Waals surface area contributed by atoms with Gasteiger partial charge in [-0.25, -0.2) is 0 Å². The fourth-order valence-electron chi connectivity index (χ4n) is 0.534. The molecule has 12 heteroatoms. The molecule has 0 radical (unpaired) electrons. The van der Waals surface area contributed by atoms with E-state index >= 15 is 0 Å². The lowest BCUT2D eigenvalue weighted by Gasteiger charge is -2.24. The lowest BCUT2D eigenvalue weighted by atomic mass is 11.8. The van der Waals surface area contributed by atoms with Gasteiger partial charge in [0.25, 0.3) is 0 Å². The lowest BCUT2D eigenvalue weighted by molar-refractivity contribution is -0.828. The van der Waals surface area contributed by atoms with Crippen molar-refractivity contribution in [2.45, 2.75) is 0 Å². The third-order valence-corrected chi connectivity index (χ3v) is 0.947. The van der Waals surface area contributed by atoms with Crippen molar-refractivity contribution in [1.29, 1.82) is 0 Å². The highest BCUT2D eigenvalue weighted by Gasteiger charge is 2.14. The van der Waals surface area contributed by atoms with Gasteiger partial charge in [0.05, 0.1) is 0 Å². The molecule has 1 aromatic heterocycles. The Morgan fingerprint density at radius 2 is 1.50 bits per heavy atom. The highest BCUT2D eigenvalue weighted by atomic mass is 16.2. The molecule has 12 nitrogen and oxygen atoms in total. The van der Waals surface area contributed by atoms with Gasteiger partial charge < -0.3 is 0 Å². The van der Waals surface area contributed by atoms with Gasteiger partial charge in [0, 0.05) is 0 Å². The van der Waals surface area contributed by atoms with Gasteiger partial charge in [0.2, 0.25) is 0 Å². The molecule has 12 heavy (non-hydrogen) atoms. The molecule has 0 amide bonds. The molecule has 64 valence electrons. The van der Waals surface area contributed by atoms with Crippen LogP contribution in [0.4, 0.5) is 0 Å². The van der Waals surface area contributed by atoms with E-state index in [-0.39, 0.29) is 0 Å². The molecular formula is H5N12+. The highest BCUT2D eigenvalue weighted by Crippen LogP contribution is 1.53. The van der Waals surface area contributed by atoms with Crippen molar-refractivity contribution in [1.82, 2.24) is 53.7 Å². The van der Waals surface area contributed by atoms with E-state index in [4.69, 9.17) is 0 Å². The van der Waals surface area contributed by atoms with Crippen molar-refractivity contribution in [3.63, 3.8) is 0 Å². The van der Waals surface area contributed by atoms with Crippen molar-refractivity contribution < 1.29 is 4.91 Å². The smallest absolute Gasteiger partial charge is 0.163 e. The standard InChI is InChI=1S/H4N12/c1-3-7-11(8-4-1)12-9-5-2-6-10-12/h(H4,1,2,3,4,5,6,7,8,9,10)/p+1. The number of hydrogen-bond acceptors (Lipinski definition) is 11. The first-order valence-corrected chi connectivity index (χ1v) is 2.85. The molecule has 1 aliphatic rings. The molecule has 0 atom stereocenters. The largest absolute Gasteiger partial charge is 0.170 e. The summed E-state index contributed by atoms with van der Waals surface area (Å²) >= 11 is 0. The highest BCUT2D eigenvalue weighted by molar-refractivity contribution is 4.42. The topological polar surface area (TPSA) is 132 Å². The Hall–Kier alpha value is -1.60. The zero-order valence-electron chi connectivity index (χ0n) is 5.63. The van der Waals surface area contributed by atoms with Crippen LogP contribution in [-0.2, 0) is 0 Å². The van der Waals surface area contributed by atoms with E-state index in [1.165, 1.54) is 5.23 Å². The van der Waals surface area contributed by atoms with Gasteiger partial charge >= 0.3 is 0 Å². The first-order chi connectivity index (χ1) is 5.97. The first kappa shape index (κ1) is 7.07. The minimum Gasteiger partial charge on any atom is -0.163 e. The van der Waals surface area contributed by atoms with Gasteiger partial charge in [-0.3, -0.25) is 0 Å². The Labute approximate surface area is 65.1 Å². The van der Waals surface area contributed by atoms with Crippen LogP contribution in [0.15, 0.2) is 0 Å². The summed E-state index contributed by atoms with van der Waals surface area (Å²) in [4.78, 5) is 1.02. The molecule has 1 saturated heterocycles. The Bertz CT molecular complexity index is 219. The maximum Gasteiger partial charge on any atom is 0.170 e. The molecule has 0 aliphatic carbocycles. The van der Waals surface area contributed by atoms with Crippen LogP contribution in [0.1, 0.15) is 0 Å². The number of aromatic nitrogens is 6. The van der Waals surface area contributed by atoms with Crippen LogP contribution in [0, 0.1) is 0 Å². The van der Waals surface area contributed by atoms with Crippen molar-refractivity contribution >= 4 is 0 Å². The van der Waals surface area contributed by atoms with E-state index in [1.807, 2.05) is 0 Å². The van der Waals surface area contributed by atoms with Crippen LogP contribution < -0.4 is 37.8 Å². The number of hydrazine groups is 6. The van der Waals surface area contributed by atoms with Gasteiger partial charge in [-0.1, -0.05) is 0 Å². The average Bonchev–Trinajstić information content (AvgIpc) is 2.21. The summed E-state index contributed by atoms with van der Waals surface area (Å²) in [5.74, 6) is 0. The fraction of sp³-hybridized carbons (Fsp3) is 0. The lowest BCUT2D eigenvalue weighted by Crippen LogP contribution is -2.85. The summed E-state index contributed by atoms with van der Waals surface area (Å²) < 4.78 is 0. The minimum atomic E-state index is 1.02. The third kappa shape index (κ3) is 1.36. The molecule has 0 saturated carbocycles. The van der Waals surface area contributed by atoms with Gasteiger partial charge in [-0.15, -0.1) is 11.1 Å². The van der Waals surface area contributed by atoms with Crippen LogP contribution in [0.3, 0.4) is 0 Å². The van der Waals surface area contributed by atoms with E-state index in [0.29, 0.717) is 0 Å². The van der Waals surface area contributed by atoms with Crippen LogP contribution in [0.5, 0.6) is 0 Å². The molecular weight excluding hydrogens is 168 g/mol. The molecule has 0 spiro atoms. The predicted molar refractivity (Wildman–Crippen MR) is 29.5 cm³/mol. The van der Waals surface area contributed by atoms with Gasteiger partial charge in [-0.2, -0.15) is 16.6 Å². The maximum atomic E-state index is 3.48. The van der Waals surface area contributed by atoms with Crippen molar-refractivity contribution in [2.24, 2.45) is 0 Å². The quantitative estimate of drug-likeness (QED) is 0.260. The minimum absolute atomic E-state index is 1.02. The fourth-order valence-corrected chi connectivity index (χ4v) is 0.534. The van der Waals surface area contributed by atoms with Crippen LogP contribution in [-0.4, -0.2) is 26.1 Å². The van der Waals surface area contributed by atoms with Crippen LogP contribution in [0.25, 0.3) is 0 Å². The first-order valence-electron chi connectivity index (χ1n) is 2.85. The summed E-state index contributed by atoms with van der Waals surface area (Å²) in [6.07, 6.45) is 0. The second kappa shape index (κ2) is 3.20. The summed E-state index contributed by atoms with van der Waals surface area (Å²) in [5, 5.41) is 17.8. The Balaban J connectivity index is 2.08. The molecule has 2 rings (SSSR count). The van der Waals surface area contributed by atoms with E-state index in [0.717, 1.165) is 4.91 Å². The van der Waals surface area contributed by atoms with Gasteiger partial charge in [0.15, 0.2) is 15.6 Å². The molecule has 0 unspecified atom stereocenters. The SMILES string of the molecule is n1nn[n+](N2NNNNN2)nn1. The molecule has 2 heterocycles. The molecule has 0 aromatic carbocycles. The zero-order chi connectivity index (χ0) is 8.23. The Kier molecular flexibility index (Phi) is 1.88. The van der Waals surface area contributed by atoms with E-state index in [1.54, 1.807) is 0 Å². The zero-order valence-corrected chi connectivity index (χ0v) is 5.63.